The molecule has 4 aliphatic rings. The first-order valence-corrected chi connectivity index (χ1v) is 13.4. The Labute approximate surface area is 211 Å². The number of nitrogens with two attached hydrogens (primary N) is 1. The molecule has 3 saturated carbocycles. The minimum absolute atomic E-state index is 0.0134. The highest BCUT2D eigenvalue weighted by Gasteiger charge is 2.38. The fourth-order valence-electron chi connectivity index (χ4n) is 5.84. The standard InChI is InChI=1S/C27H35N7O2/c1-27(28)12-3-2-4-22-18(15-27)11-13-34(25(22)35)21-9-10-23(29-16-21)30-19-7-8-20(14-19)31-26-32-24(36-33-26)17-5-6-17/h9-11,13,16-18,20,22H,2-8,12,14-15,28H2,1H3,(H,31,33)/t18?,20-,22?,27?/m0/s1. The average molecular weight is 490 g/mol. The van der Waals surface area contributed by atoms with Gasteiger partial charge in [0.2, 0.25) is 11.8 Å². The van der Waals surface area contributed by atoms with Crippen molar-refractivity contribution >= 4 is 29.1 Å². The van der Waals surface area contributed by atoms with Crippen molar-refractivity contribution in [1.82, 2.24) is 15.1 Å². The molecule has 0 saturated heterocycles. The predicted molar refractivity (Wildman–Crippen MR) is 138 cm³/mol. The molecule has 2 aromatic heterocycles. The summed E-state index contributed by atoms with van der Waals surface area (Å²) in [6.07, 6.45) is 15.7. The number of pyridine rings is 1. The van der Waals surface area contributed by atoms with E-state index in [1.54, 1.807) is 11.1 Å². The van der Waals surface area contributed by atoms with E-state index in [2.05, 4.69) is 33.4 Å². The van der Waals surface area contributed by atoms with Crippen molar-refractivity contribution in [2.24, 2.45) is 22.6 Å². The molecule has 1 aliphatic heterocycles. The van der Waals surface area contributed by atoms with Gasteiger partial charge in [-0.25, -0.2) is 9.98 Å². The number of amides is 1. The third-order valence-corrected chi connectivity index (χ3v) is 8.02. The summed E-state index contributed by atoms with van der Waals surface area (Å²) in [4.78, 5) is 28.9. The van der Waals surface area contributed by atoms with Crippen molar-refractivity contribution in [1.29, 1.82) is 0 Å². The van der Waals surface area contributed by atoms with Crippen LogP contribution in [0.4, 0.5) is 17.5 Å². The van der Waals surface area contributed by atoms with E-state index in [1.165, 1.54) is 0 Å². The van der Waals surface area contributed by atoms with Crippen LogP contribution in [0.1, 0.15) is 82.9 Å². The molecule has 36 heavy (non-hydrogen) atoms. The van der Waals surface area contributed by atoms with E-state index in [0.717, 1.165) is 81.5 Å². The van der Waals surface area contributed by atoms with Gasteiger partial charge in [-0.05, 0) is 75.1 Å². The summed E-state index contributed by atoms with van der Waals surface area (Å²) >= 11 is 0. The smallest absolute Gasteiger partial charge is 0.263 e. The molecule has 4 atom stereocenters. The van der Waals surface area contributed by atoms with Gasteiger partial charge >= 0.3 is 0 Å². The van der Waals surface area contributed by atoms with E-state index in [-0.39, 0.29) is 29.3 Å². The minimum Gasteiger partial charge on any atom is -0.348 e. The molecule has 3 aliphatic carbocycles. The van der Waals surface area contributed by atoms with E-state index in [1.807, 2.05) is 18.3 Å². The molecule has 190 valence electrons. The highest BCUT2D eigenvalue weighted by Crippen LogP contribution is 2.40. The Kier molecular flexibility index (Phi) is 6.11. The molecule has 0 bridgehead atoms. The van der Waals surface area contributed by atoms with E-state index in [0.29, 0.717) is 17.7 Å². The van der Waals surface area contributed by atoms with Gasteiger partial charge in [0.15, 0.2) is 5.82 Å². The van der Waals surface area contributed by atoms with Gasteiger partial charge in [-0.15, -0.1) is 0 Å². The zero-order valence-corrected chi connectivity index (χ0v) is 20.9. The number of carbonyl (C=O) groups is 1. The predicted octanol–water partition coefficient (Wildman–Crippen LogP) is 4.85. The summed E-state index contributed by atoms with van der Waals surface area (Å²) in [5.41, 5.74) is 8.17. The second-order valence-corrected chi connectivity index (χ2v) is 11.3. The monoisotopic (exact) mass is 489 g/mol. The van der Waals surface area contributed by atoms with E-state index < -0.39 is 0 Å². The van der Waals surface area contributed by atoms with E-state index in [9.17, 15) is 4.79 Å². The summed E-state index contributed by atoms with van der Waals surface area (Å²) in [6.45, 7) is 2.11. The largest absolute Gasteiger partial charge is 0.348 e. The number of aromatic nitrogens is 3. The number of nitrogens with one attached hydrogen (secondary N) is 1. The first-order valence-electron chi connectivity index (χ1n) is 13.4. The summed E-state index contributed by atoms with van der Waals surface area (Å²) in [6, 6.07) is 4.08. The third kappa shape index (κ3) is 5.07. The molecule has 0 radical (unpaired) electrons. The van der Waals surface area contributed by atoms with Crippen LogP contribution in [-0.4, -0.2) is 38.3 Å². The molecule has 9 nitrogen and oxygen atoms in total. The lowest BCUT2D eigenvalue weighted by molar-refractivity contribution is -0.124. The number of allylic oxidation sites excluding steroid dienone is 1. The lowest BCUT2D eigenvalue weighted by Crippen LogP contribution is -2.46. The van der Waals surface area contributed by atoms with Crippen molar-refractivity contribution in [3.05, 3.63) is 36.5 Å². The molecular formula is C27H35N7O2. The number of hydrogen-bond acceptors (Lipinski definition) is 8. The molecule has 3 heterocycles. The number of fused-ring (bicyclic) bond motifs is 1. The van der Waals surface area contributed by atoms with Crippen LogP contribution >= 0.6 is 0 Å². The molecule has 3 unspecified atom stereocenters. The van der Waals surface area contributed by atoms with Gasteiger partial charge in [0.25, 0.3) is 5.95 Å². The first kappa shape index (κ1) is 23.3. The Hall–Kier alpha value is -3.07. The highest BCUT2D eigenvalue weighted by atomic mass is 16.5. The molecule has 0 spiro atoms. The maximum Gasteiger partial charge on any atom is 0.263 e. The number of aliphatic imine (C=N–C) groups is 1. The molecule has 0 aromatic carbocycles. The van der Waals surface area contributed by atoms with E-state index in [4.69, 9.17) is 15.2 Å². The fourth-order valence-corrected chi connectivity index (χ4v) is 5.84. The topological polar surface area (TPSA) is 123 Å². The SMILES string of the molecule is CC1(N)CCCCC2C(=O)N(c3ccc(N=C4CC[C@H](Nc5noc(C6CC6)n5)C4)nc3)C=CC2C1. The van der Waals surface area contributed by atoms with Crippen molar-refractivity contribution in [2.45, 2.75) is 88.6 Å². The van der Waals surface area contributed by atoms with Crippen molar-refractivity contribution in [3.8, 4) is 0 Å². The molecule has 3 N–H and O–H groups in total. The summed E-state index contributed by atoms with van der Waals surface area (Å²) in [5, 5.41) is 7.43. The lowest BCUT2D eigenvalue weighted by Gasteiger charge is -2.39. The Balaban J connectivity index is 1.09. The molecule has 3 fully saturated rings. The number of hydrogen-bond donors (Lipinski definition) is 2. The maximum atomic E-state index is 13.4. The van der Waals surface area contributed by atoms with Gasteiger partial charge in [0, 0.05) is 41.7 Å². The van der Waals surface area contributed by atoms with Crippen LogP contribution < -0.4 is 16.0 Å². The summed E-state index contributed by atoms with van der Waals surface area (Å²) in [5.74, 6) is 2.79. The van der Waals surface area contributed by atoms with Gasteiger partial charge in [-0.2, -0.15) is 4.98 Å². The maximum absolute atomic E-state index is 13.4. The quantitative estimate of drug-likeness (QED) is 0.615. The normalized spacial score (nSPS) is 31.8. The van der Waals surface area contributed by atoms with Crippen molar-refractivity contribution < 1.29 is 9.32 Å². The first-order chi connectivity index (χ1) is 17.4. The minimum atomic E-state index is -0.210. The van der Waals surface area contributed by atoms with Gasteiger partial charge in [-0.3, -0.25) is 9.69 Å². The molecule has 9 heteroatoms. The Morgan fingerprint density at radius 1 is 1.22 bits per heavy atom. The highest BCUT2D eigenvalue weighted by molar-refractivity contribution is 5.98. The number of anilines is 2. The Bertz CT molecular complexity index is 1170. The van der Waals surface area contributed by atoms with Crippen LogP contribution in [0.15, 0.2) is 40.1 Å². The van der Waals surface area contributed by atoms with Gasteiger partial charge in [-0.1, -0.05) is 18.9 Å². The molecule has 2 aromatic rings. The fraction of sp³-hybridized carbons (Fsp3) is 0.593. The van der Waals surface area contributed by atoms with Crippen LogP contribution in [0.25, 0.3) is 0 Å². The Morgan fingerprint density at radius 3 is 2.92 bits per heavy atom. The van der Waals surface area contributed by atoms with Crippen molar-refractivity contribution in [2.75, 3.05) is 10.2 Å². The van der Waals surface area contributed by atoms with Crippen LogP contribution in [0.3, 0.4) is 0 Å². The number of carbonyl (C=O) groups excluding carboxylic acids is 1. The zero-order valence-electron chi connectivity index (χ0n) is 20.9. The zero-order chi connectivity index (χ0) is 24.7. The van der Waals surface area contributed by atoms with Gasteiger partial charge in [0.05, 0.1) is 11.9 Å². The molecule has 1 amide bonds. The molecular weight excluding hydrogens is 454 g/mol. The summed E-state index contributed by atoms with van der Waals surface area (Å²) < 4.78 is 5.34. The van der Waals surface area contributed by atoms with Crippen molar-refractivity contribution in [3.63, 3.8) is 0 Å². The van der Waals surface area contributed by atoms with Crippen LogP contribution in [0, 0.1) is 11.8 Å². The lowest BCUT2D eigenvalue weighted by atomic mass is 9.73. The van der Waals surface area contributed by atoms with Crippen LogP contribution in [0.2, 0.25) is 0 Å². The van der Waals surface area contributed by atoms with Crippen LogP contribution in [0.5, 0.6) is 0 Å². The van der Waals surface area contributed by atoms with Crippen LogP contribution in [-0.2, 0) is 4.79 Å². The average Bonchev–Trinajstić information content (AvgIpc) is 3.44. The van der Waals surface area contributed by atoms with E-state index >= 15 is 0 Å². The number of nitrogens with zero attached hydrogens (tertiary/aromatic N) is 5. The second kappa shape index (κ2) is 9.42. The third-order valence-electron chi connectivity index (χ3n) is 8.02. The summed E-state index contributed by atoms with van der Waals surface area (Å²) in [7, 11) is 0. The molecule has 6 rings (SSSR count). The number of rotatable bonds is 5. The van der Waals surface area contributed by atoms with Gasteiger partial charge in [0.1, 0.15) is 0 Å². The Morgan fingerprint density at radius 2 is 2.11 bits per heavy atom. The second-order valence-electron chi connectivity index (χ2n) is 11.3. The van der Waals surface area contributed by atoms with Gasteiger partial charge < -0.3 is 15.6 Å².